The fourth-order valence-electron chi connectivity index (χ4n) is 4.48. The van der Waals surface area contributed by atoms with Crippen LogP contribution in [0.4, 0.5) is 0 Å². The first-order valence-corrected chi connectivity index (χ1v) is 15.3. The highest BCUT2D eigenvalue weighted by Gasteiger charge is 2.26. The van der Waals surface area contributed by atoms with Gasteiger partial charge in [-0.25, -0.2) is 21.6 Å². The molecule has 2 N–H and O–H groups in total. The molecular weight excluding hydrogens is 502 g/mol. The molecule has 196 valence electrons. The normalized spacial score (nSPS) is 17.7. The zero-order valence-corrected chi connectivity index (χ0v) is 21.8. The summed E-state index contributed by atoms with van der Waals surface area (Å²) in [5.74, 6) is 0.0388. The number of sulfonamides is 2. The van der Waals surface area contributed by atoms with Crippen LogP contribution < -0.4 is 14.8 Å². The monoisotopic (exact) mass is 535 g/mol. The molecule has 1 saturated heterocycles. The number of nitrogens with zero attached hydrogens (tertiary/aromatic N) is 1. The molecule has 2 aromatic carbocycles. The molecule has 1 aliphatic heterocycles. The van der Waals surface area contributed by atoms with Crippen LogP contribution in [0.3, 0.4) is 0 Å². The minimum atomic E-state index is -3.58. The van der Waals surface area contributed by atoms with E-state index in [-0.39, 0.29) is 34.9 Å². The fourth-order valence-corrected chi connectivity index (χ4v) is 7.30. The van der Waals surface area contributed by atoms with Crippen LogP contribution in [0, 0.1) is 0 Å². The van der Waals surface area contributed by atoms with E-state index in [2.05, 4.69) is 10.0 Å². The van der Waals surface area contributed by atoms with Gasteiger partial charge >= 0.3 is 0 Å². The Kier molecular flexibility index (Phi) is 8.66. The maximum absolute atomic E-state index is 12.7. The van der Waals surface area contributed by atoms with Crippen molar-refractivity contribution >= 4 is 26.0 Å². The van der Waals surface area contributed by atoms with Crippen LogP contribution in [-0.2, 0) is 31.4 Å². The van der Waals surface area contributed by atoms with Gasteiger partial charge in [0.1, 0.15) is 5.75 Å². The first kappa shape index (κ1) is 26.6. The van der Waals surface area contributed by atoms with Gasteiger partial charge in [0.25, 0.3) is 5.91 Å². The molecule has 0 radical (unpaired) electrons. The third-order valence-corrected chi connectivity index (χ3v) is 10.00. The number of amides is 1. The largest absolute Gasteiger partial charge is 0.484 e. The van der Waals surface area contributed by atoms with Crippen molar-refractivity contribution < 1.29 is 26.4 Å². The summed E-state index contributed by atoms with van der Waals surface area (Å²) in [7, 11) is -7.06. The zero-order valence-electron chi connectivity index (χ0n) is 20.2. The van der Waals surface area contributed by atoms with E-state index in [1.807, 2.05) is 0 Å². The number of nitrogens with one attached hydrogen (secondary N) is 2. The summed E-state index contributed by atoms with van der Waals surface area (Å²) in [4.78, 5) is 12.6. The summed E-state index contributed by atoms with van der Waals surface area (Å²) in [6.07, 6.45) is 6.61. The molecule has 1 saturated carbocycles. The zero-order chi connectivity index (χ0) is 25.6. The summed E-state index contributed by atoms with van der Waals surface area (Å²) in [6.45, 7) is 1.11. The number of hydrogen-bond acceptors (Lipinski definition) is 6. The lowest BCUT2D eigenvalue weighted by Gasteiger charge is -2.25. The first-order chi connectivity index (χ1) is 17.2. The van der Waals surface area contributed by atoms with Crippen molar-refractivity contribution in [1.29, 1.82) is 0 Å². The Bertz CT molecular complexity index is 1230. The van der Waals surface area contributed by atoms with Crippen LogP contribution in [0.25, 0.3) is 0 Å². The van der Waals surface area contributed by atoms with Crippen molar-refractivity contribution in [1.82, 2.24) is 14.3 Å². The standard InChI is InChI=1S/C25H33N3O6S2/c29-25(19-34-22-10-14-23(15-11-22)35(30,31)27-21-6-2-3-7-21)26-18-20-8-12-24(13-9-20)36(32,33)28-16-4-1-5-17-28/h8-15,21,27H,1-7,16-19H2,(H,26,29). The van der Waals surface area contributed by atoms with E-state index in [1.54, 1.807) is 24.3 Å². The van der Waals surface area contributed by atoms with E-state index in [1.165, 1.54) is 28.6 Å². The molecule has 0 spiro atoms. The maximum atomic E-state index is 12.7. The minimum Gasteiger partial charge on any atom is -0.484 e. The summed E-state index contributed by atoms with van der Waals surface area (Å²) in [5.41, 5.74) is 0.769. The van der Waals surface area contributed by atoms with Crippen LogP contribution in [0.1, 0.15) is 50.5 Å². The predicted molar refractivity (Wildman–Crippen MR) is 135 cm³/mol. The molecule has 0 bridgehead atoms. The first-order valence-electron chi connectivity index (χ1n) is 12.3. The molecule has 1 aliphatic carbocycles. The predicted octanol–water partition coefficient (Wildman–Crippen LogP) is 2.78. The molecule has 11 heteroatoms. The smallest absolute Gasteiger partial charge is 0.258 e. The Labute approximate surface area is 213 Å². The Morgan fingerprint density at radius 1 is 0.833 bits per heavy atom. The van der Waals surface area contributed by atoms with Crippen molar-refractivity contribution in [2.75, 3.05) is 19.7 Å². The van der Waals surface area contributed by atoms with Crippen LogP contribution in [0.2, 0.25) is 0 Å². The lowest BCUT2D eigenvalue weighted by atomic mass is 10.2. The number of carbonyl (C=O) groups is 1. The summed E-state index contributed by atoms with van der Waals surface area (Å²) < 4.78 is 60.2. The number of carbonyl (C=O) groups excluding carboxylic acids is 1. The molecule has 2 aliphatic rings. The van der Waals surface area contributed by atoms with Crippen molar-refractivity contribution in [2.24, 2.45) is 0 Å². The minimum absolute atomic E-state index is 0.00936. The second-order valence-corrected chi connectivity index (χ2v) is 12.9. The Morgan fingerprint density at radius 3 is 2.08 bits per heavy atom. The van der Waals surface area contributed by atoms with Gasteiger partial charge in [0.15, 0.2) is 6.61 Å². The quantitative estimate of drug-likeness (QED) is 0.483. The van der Waals surface area contributed by atoms with Gasteiger partial charge < -0.3 is 10.1 Å². The van der Waals surface area contributed by atoms with E-state index in [4.69, 9.17) is 4.74 Å². The van der Waals surface area contributed by atoms with Gasteiger partial charge in [0.05, 0.1) is 9.79 Å². The van der Waals surface area contributed by atoms with E-state index in [9.17, 15) is 21.6 Å². The van der Waals surface area contributed by atoms with Crippen molar-refractivity contribution in [3.63, 3.8) is 0 Å². The van der Waals surface area contributed by atoms with Gasteiger partial charge in [0.2, 0.25) is 20.0 Å². The van der Waals surface area contributed by atoms with Gasteiger partial charge in [-0.2, -0.15) is 4.31 Å². The second kappa shape index (κ2) is 11.7. The number of rotatable bonds is 10. The van der Waals surface area contributed by atoms with Gasteiger partial charge in [-0.05, 0) is 67.6 Å². The number of hydrogen-bond donors (Lipinski definition) is 2. The SMILES string of the molecule is O=C(COc1ccc(S(=O)(=O)NC2CCCC2)cc1)NCc1ccc(S(=O)(=O)N2CCCCC2)cc1. The molecule has 36 heavy (non-hydrogen) atoms. The third kappa shape index (κ3) is 6.84. The fraction of sp³-hybridized carbons (Fsp3) is 0.480. The van der Waals surface area contributed by atoms with Gasteiger partial charge in [0, 0.05) is 25.7 Å². The second-order valence-electron chi connectivity index (χ2n) is 9.25. The summed E-state index contributed by atoms with van der Waals surface area (Å²) in [5, 5.41) is 2.74. The Balaban J connectivity index is 1.23. The Hall–Kier alpha value is -2.47. The molecule has 2 aromatic rings. The molecule has 4 rings (SSSR count). The van der Waals surface area contributed by atoms with Gasteiger partial charge in [-0.1, -0.05) is 31.4 Å². The van der Waals surface area contributed by atoms with Crippen molar-refractivity contribution in [3.05, 3.63) is 54.1 Å². The molecule has 2 fully saturated rings. The van der Waals surface area contributed by atoms with Crippen LogP contribution in [-0.4, -0.2) is 52.8 Å². The highest BCUT2D eigenvalue weighted by Crippen LogP contribution is 2.22. The number of benzene rings is 2. The van der Waals surface area contributed by atoms with E-state index in [0.29, 0.717) is 18.8 Å². The van der Waals surface area contributed by atoms with Crippen molar-refractivity contribution in [3.8, 4) is 5.75 Å². The lowest BCUT2D eigenvalue weighted by Crippen LogP contribution is -2.35. The van der Waals surface area contributed by atoms with E-state index >= 15 is 0 Å². The summed E-state index contributed by atoms with van der Waals surface area (Å²) >= 11 is 0. The highest BCUT2D eigenvalue weighted by molar-refractivity contribution is 7.89. The molecule has 0 atom stereocenters. The molecule has 9 nitrogen and oxygen atoms in total. The average molecular weight is 536 g/mol. The molecule has 0 unspecified atom stereocenters. The molecular formula is C25H33N3O6S2. The number of piperidine rings is 1. The number of ether oxygens (including phenoxy) is 1. The maximum Gasteiger partial charge on any atom is 0.258 e. The van der Waals surface area contributed by atoms with Crippen LogP contribution in [0.15, 0.2) is 58.3 Å². The van der Waals surface area contributed by atoms with Gasteiger partial charge in [-0.3, -0.25) is 4.79 Å². The molecule has 1 heterocycles. The van der Waals surface area contributed by atoms with Crippen LogP contribution in [0.5, 0.6) is 5.75 Å². The topological polar surface area (TPSA) is 122 Å². The van der Waals surface area contributed by atoms with E-state index in [0.717, 1.165) is 50.5 Å². The van der Waals surface area contributed by atoms with Crippen LogP contribution >= 0.6 is 0 Å². The summed E-state index contributed by atoms with van der Waals surface area (Å²) in [6, 6.07) is 12.5. The lowest BCUT2D eigenvalue weighted by molar-refractivity contribution is -0.123. The van der Waals surface area contributed by atoms with E-state index < -0.39 is 20.0 Å². The van der Waals surface area contributed by atoms with Gasteiger partial charge in [-0.15, -0.1) is 0 Å². The highest BCUT2D eigenvalue weighted by atomic mass is 32.2. The third-order valence-electron chi connectivity index (χ3n) is 6.55. The Morgan fingerprint density at radius 2 is 1.44 bits per heavy atom. The molecule has 1 amide bonds. The molecule has 0 aromatic heterocycles. The average Bonchev–Trinajstić information content (AvgIpc) is 3.39. The van der Waals surface area contributed by atoms with Crippen molar-refractivity contribution in [2.45, 2.75) is 67.3 Å².